The maximum absolute atomic E-state index is 12.8. The number of fused-ring (bicyclic) bond motifs is 1. The van der Waals surface area contributed by atoms with Gasteiger partial charge in [0.1, 0.15) is 0 Å². The molecule has 1 aliphatic heterocycles. The van der Waals surface area contributed by atoms with Gasteiger partial charge in [0.05, 0.1) is 18.0 Å². The van der Waals surface area contributed by atoms with Crippen molar-refractivity contribution in [2.24, 2.45) is 7.05 Å². The summed E-state index contributed by atoms with van der Waals surface area (Å²) in [6.07, 6.45) is 2.70. The molecule has 28 heavy (non-hydrogen) atoms. The summed E-state index contributed by atoms with van der Waals surface area (Å²) in [6.45, 7) is 3.00. The second kappa shape index (κ2) is 8.02. The number of aryl methyl sites for hydroxylation is 1. The molecule has 0 spiro atoms. The zero-order chi connectivity index (χ0) is 19.5. The van der Waals surface area contributed by atoms with Crippen molar-refractivity contribution < 1.29 is 9.21 Å². The Hall–Kier alpha value is -2.86. The predicted molar refractivity (Wildman–Crippen MR) is 108 cm³/mol. The van der Waals surface area contributed by atoms with Gasteiger partial charge in [0, 0.05) is 13.6 Å². The summed E-state index contributed by atoms with van der Waals surface area (Å²) < 4.78 is 6.61. The molecule has 146 valence electrons. The molecule has 2 heterocycles. The van der Waals surface area contributed by atoms with Crippen LogP contribution >= 0.6 is 0 Å². The van der Waals surface area contributed by atoms with Crippen molar-refractivity contribution in [1.82, 2.24) is 14.8 Å². The van der Waals surface area contributed by atoms with Gasteiger partial charge in [0.25, 0.3) is 0 Å². The molecule has 1 unspecified atom stereocenters. The van der Waals surface area contributed by atoms with Gasteiger partial charge in [-0.2, -0.15) is 0 Å². The quantitative estimate of drug-likeness (QED) is 0.715. The summed E-state index contributed by atoms with van der Waals surface area (Å²) in [7, 11) is 1.67. The van der Waals surface area contributed by atoms with Crippen LogP contribution in [0.1, 0.15) is 30.0 Å². The number of amides is 1. The molecular weight excluding hydrogens is 354 g/mol. The minimum atomic E-state index is -0.397. The van der Waals surface area contributed by atoms with E-state index in [1.807, 2.05) is 30.3 Å². The van der Waals surface area contributed by atoms with E-state index in [9.17, 15) is 9.59 Å². The van der Waals surface area contributed by atoms with Crippen LogP contribution in [0.3, 0.4) is 0 Å². The van der Waals surface area contributed by atoms with Gasteiger partial charge in [0.2, 0.25) is 5.91 Å². The summed E-state index contributed by atoms with van der Waals surface area (Å²) in [4.78, 5) is 26.8. The average molecular weight is 379 g/mol. The molecule has 0 radical (unpaired) electrons. The smallest absolute Gasteiger partial charge is 0.408 e. The number of carbonyl (C=O) groups excluding carboxylic acids is 1. The third-order valence-corrected chi connectivity index (χ3v) is 5.40. The monoisotopic (exact) mass is 379 g/mol. The molecule has 6 nitrogen and oxygen atoms in total. The highest BCUT2D eigenvalue weighted by Crippen LogP contribution is 2.19. The van der Waals surface area contributed by atoms with Crippen LogP contribution in [0, 0.1) is 0 Å². The van der Waals surface area contributed by atoms with Crippen LogP contribution in [0.15, 0.2) is 57.7 Å². The number of oxazole rings is 1. The average Bonchev–Trinajstić information content (AvgIpc) is 3.31. The van der Waals surface area contributed by atoms with Gasteiger partial charge in [0.15, 0.2) is 5.58 Å². The summed E-state index contributed by atoms with van der Waals surface area (Å²) in [5, 5.41) is 3.20. The number of carbonyl (C=O) groups is 1. The van der Waals surface area contributed by atoms with Gasteiger partial charge < -0.3 is 14.6 Å². The highest BCUT2D eigenvalue weighted by molar-refractivity contribution is 5.81. The molecule has 0 saturated carbocycles. The zero-order valence-electron chi connectivity index (χ0n) is 16.1. The van der Waals surface area contributed by atoms with Gasteiger partial charge in [-0.25, -0.2) is 4.79 Å². The van der Waals surface area contributed by atoms with Gasteiger partial charge in [-0.05, 0) is 49.2 Å². The lowest BCUT2D eigenvalue weighted by Crippen LogP contribution is -2.37. The standard InChI is InChI=1S/C22H25N3O3/c1-24-19-13-16(9-10-20(19)28-22(24)27)14-21(26)23-18(15-25-11-5-6-12-25)17-7-3-2-4-8-17/h2-4,7-10,13,18H,5-6,11-12,14-15H2,1H3,(H,23,26). The Morgan fingerprint density at radius 1 is 1.14 bits per heavy atom. The molecule has 1 aromatic heterocycles. The SMILES string of the molecule is Cn1c(=O)oc2ccc(CC(=O)NC(CN3CCCC3)c3ccccc3)cc21. The van der Waals surface area contributed by atoms with Crippen LogP contribution in [0.25, 0.3) is 11.1 Å². The number of benzene rings is 2. The number of likely N-dealkylation sites (tertiary alicyclic amines) is 1. The summed E-state index contributed by atoms with van der Waals surface area (Å²) in [6, 6.07) is 15.5. The molecule has 1 aliphatic rings. The molecule has 3 aromatic rings. The number of nitrogens with one attached hydrogen (secondary N) is 1. The topological polar surface area (TPSA) is 67.5 Å². The first kappa shape index (κ1) is 18.5. The van der Waals surface area contributed by atoms with E-state index < -0.39 is 5.76 Å². The lowest BCUT2D eigenvalue weighted by atomic mass is 10.1. The molecule has 6 heteroatoms. The van der Waals surface area contributed by atoms with Crippen LogP contribution in [0.2, 0.25) is 0 Å². The summed E-state index contributed by atoms with van der Waals surface area (Å²) >= 11 is 0. The Morgan fingerprint density at radius 2 is 1.89 bits per heavy atom. The van der Waals surface area contributed by atoms with Crippen molar-refractivity contribution in [3.05, 3.63) is 70.2 Å². The molecule has 1 atom stereocenters. The van der Waals surface area contributed by atoms with Crippen LogP contribution < -0.4 is 11.1 Å². The van der Waals surface area contributed by atoms with Crippen LogP contribution in [0.4, 0.5) is 0 Å². The van der Waals surface area contributed by atoms with Crippen molar-refractivity contribution in [3.63, 3.8) is 0 Å². The molecule has 1 saturated heterocycles. The first-order chi connectivity index (χ1) is 13.6. The van der Waals surface area contributed by atoms with Crippen molar-refractivity contribution in [3.8, 4) is 0 Å². The maximum Gasteiger partial charge on any atom is 0.419 e. The van der Waals surface area contributed by atoms with Crippen molar-refractivity contribution >= 4 is 17.0 Å². The Labute approximate surface area is 163 Å². The predicted octanol–water partition coefficient (Wildman–Crippen LogP) is 2.63. The third-order valence-electron chi connectivity index (χ3n) is 5.40. The van der Waals surface area contributed by atoms with Gasteiger partial charge in [-0.3, -0.25) is 9.36 Å². The minimum absolute atomic E-state index is 0.0269. The largest absolute Gasteiger partial charge is 0.419 e. The lowest BCUT2D eigenvalue weighted by molar-refractivity contribution is -0.121. The molecule has 0 bridgehead atoms. The van der Waals surface area contributed by atoms with Crippen LogP contribution in [0.5, 0.6) is 0 Å². The minimum Gasteiger partial charge on any atom is -0.408 e. The van der Waals surface area contributed by atoms with E-state index in [0.717, 1.165) is 30.8 Å². The molecule has 0 aliphatic carbocycles. The summed E-state index contributed by atoms with van der Waals surface area (Å²) in [5.41, 5.74) is 3.21. The number of rotatable bonds is 6. The van der Waals surface area contributed by atoms with Crippen molar-refractivity contribution in [1.29, 1.82) is 0 Å². The first-order valence-corrected chi connectivity index (χ1v) is 9.75. The fourth-order valence-electron chi connectivity index (χ4n) is 3.86. The molecule has 2 aromatic carbocycles. The molecule has 1 amide bonds. The summed E-state index contributed by atoms with van der Waals surface area (Å²) in [5.74, 6) is -0.424. The van der Waals surface area contributed by atoms with Crippen LogP contribution in [-0.4, -0.2) is 35.0 Å². The normalized spacial score (nSPS) is 15.8. The molecule has 1 fully saturated rings. The second-order valence-corrected chi connectivity index (χ2v) is 7.44. The molecular formula is C22H25N3O3. The fraction of sp³-hybridized carbons (Fsp3) is 0.364. The van der Waals surface area contributed by atoms with E-state index in [2.05, 4.69) is 22.3 Å². The van der Waals surface area contributed by atoms with Crippen molar-refractivity contribution in [2.75, 3.05) is 19.6 Å². The Balaban J connectivity index is 1.49. The second-order valence-electron chi connectivity index (χ2n) is 7.44. The maximum atomic E-state index is 12.8. The van der Waals surface area contributed by atoms with E-state index in [-0.39, 0.29) is 18.4 Å². The third kappa shape index (κ3) is 4.02. The number of hydrogen-bond acceptors (Lipinski definition) is 4. The highest BCUT2D eigenvalue weighted by Gasteiger charge is 2.21. The van der Waals surface area contributed by atoms with E-state index in [4.69, 9.17) is 4.42 Å². The molecule has 4 rings (SSSR count). The van der Waals surface area contributed by atoms with Crippen molar-refractivity contribution in [2.45, 2.75) is 25.3 Å². The Kier molecular flexibility index (Phi) is 5.30. The number of nitrogens with zero attached hydrogens (tertiary/aromatic N) is 2. The Bertz CT molecular complexity index is 1020. The van der Waals surface area contributed by atoms with Gasteiger partial charge in [-0.1, -0.05) is 36.4 Å². The molecule has 1 N–H and O–H groups in total. The lowest BCUT2D eigenvalue weighted by Gasteiger charge is -2.25. The Morgan fingerprint density at radius 3 is 2.64 bits per heavy atom. The van der Waals surface area contributed by atoms with Crippen LogP contribution in [-0.2, 0) is 18.3 Å². The van der Waals surface area contributed by atoms with E-state index in [0.29, 0.717) is 11.1 Å². The zero-order valence-corrected chi connectivity index (χ0v) is 16.1. The van der Waals surface area contributed by atoms with E-state index in [1.54, 1.807) is 13.1 Å². The number of aromatic nitrogens is 1. The van der Waals surface area contributed by atoms with E-state index in [1.165, 1.54) is 17.4 Å². The highest BCUT2D eigenvalue weighted by atomic mass is 16.4. The van der Waals surface area contributed by atoms with Gasteiger partial charge in [-0.15, -0.1) is 0 Å². The number of hydrogen-bond donors (Lipinski definition) is 1. The van der Waals surface area contributed by atoms with Gasteiger partial charge >= 0.3 is 5.76 Å². The van der Waals surface area contributed by atoms with E-state index >= 15 is 0 Å². The fourth-order valence-corrected chi connectivity index (χ4v) is 3.86. The first-order valence-electron chi connectivity index (χ1n) is 9.75.